The van der Waals surface area contributed by atoms with Crippen LogP contribution in [0.5, 0.6) is 0 Å². The van der Waals surface area contributed by atoms with Crippen molar-refractivity contribution in [1.82, 2.24) is 24.5 Å². The molecule has 10 heteroatoms. The zero-order valence-electron chi connectivity index (χ0n) is 13.0. The van der Waals surface area contributed by atoms with Crippen LogP contribution in [0.1, 0.15) is 0 Å². The minimum Gasteiger partial charge on any atom is -0.369 e. The molecule has 25 heavy (non-hydrogen) atoms. The molecule has 0 radical (unpaired) electrons. The number of anilines is 1. The highest BCUT2D eigenvalue weighted by atomic mass is 32.2. The molecule has 3 rings (SSSR count). The molecule has 0 fully saturated rings. The molecule has 2 heterocycles. The Balaban J connectivity index is 1.55. The first-order valence-corrected chi connectivity index (χ1v) is 8.84. The lowest BCUT2D eigenvalue weighted by Gasteiger charge is -2.09. The molecule has 0 aliphatic rings. The highest BCUT2D eigenvalue weighted by Gasteiger charge is 2.13. The van der Waals surface area contributed by atoms with E-state index in [0.717, 1.165) is 12.1 Å². The van der Waals surface area contributed by atoms with Gasteiger partial charge in [0.2, 0.25) is 10.0 Å². The Bertz CT molecular complexity index is 929. The molecule has 0 bridgehead atoms. The summed E-state index contributed by atoms with van der Waals surface area (Å²) in [5.41, 5.74) is 0. The van der Waals surface area contributed by atoms with Crippen molar-refractivity contribution in [2.75, 3.05) is 18.4 Å². The quantitative estimate of drug-likeness (QED) is 0.612. The zero-order chi connectivity index (χ0) is 17.7. The maximum absolute atomic E-state index is 12.9. The largest absolute Gasteiger partial charge is 0.369 e. The van der Waals surface area contributed by atoms with Gasteiger partial charge in [0.05, 0.1) is 4.90 Å². The van der Waals surface area contributed by atoms with Crippen molar-refractivity contribution in [1.29, 1.82) is 0 Å². The summed E-state index contributed by atoms with van der Waals surface area (Å²) >= 11 is 0. The van der Waals surface area contributed by atoms with Crippen LogP contribution in [-0.4, -0.2) is 41.3 Å². The first kappa shape index (κ1) is 17.0. The Morgan fingerprint density at radius 3 is 2.64 bits per heavy atom. The molecule has 3 aromatic rings. The molecule has 0 atom stereocenters. The lowest BCUT2D eigenvalue weighted by molar-refractivity contribution is 0.582. The van der Waals surface area contributed by atoms with E-state index < -0.39 is 15.8 Å². The lowest BCUT2D eigenvalue weighted by Crippen LogP contribution is -2.29. The van der Waals surface area contributed by atoms with Gasteiger partial charge in [-0.2, -0.15) is 5.10 Å². The van der Waals surface area contributed by atoms with E-state index in [9.17, 15) is 12.8 Å². The van der Waals surface area contributed by atoms with Crippen LogP contribution < -0.4 is 10.0 Å². The van der Waals surface area contributed by atoms with Crippen molar-refractivity contribution < 1.29 is 12.8 Å². The minimum absolute atomic E-state index is 0.0110. The number of halogens is 1. The average molecular weight is 362 g/mol. The molecule has 0 saturated carbocycles. The normalized spacial score (nSPS) is 11.4. The maximum Gasteiger partial charge on any atom is 0.240 e. The Kier molecular flexibility index (Phi) is 5.00. The van der Waals surface area contributed by atoms with E-state index in [4.69, 9.17) is 0 Å². The Morgan fingerprint density at radius 2 is 1.92 bits per heavy atom. The lowest BCUT2D eigenvalue weighted by atomic mass is 10.4. The summed E-state index contributed by atoms with van der Waals surface area (Å²) in [6, 6.07) is 8.10. The molecule has 130 valence electrons. The summed E-state index contributed by atoms with van der Waals surface area (Å²) in [5.74, 6) is 0.647. The fraction of sp³-hybridized carbons (Fsp3) is 0.133. The fourth-order valence-electron chi connectivity index (χ4n) is 2.05. The third-order valence-corrected chi connectivity index (χ3v) is 4.72. The minimum atomic E-state index is -3.68. The summed E-state index contributed by atoms with van der Waals surface area (Å²) in [4.78, 5) is 8.18. The number of rotatable bonds is 7. The fourth-order valence-corrected chi connectivity index (χ4v) is 3.08. The molecular weight excluding hydrogens is 347 g/mol. The summed E-state index contributed by atoms with van der Waals surface area (Å²) in [6.07, 6.45) is 4.78. The van der Waals surface area contributed by atoms with Crippen LogP contribution in [-0.2, 0) is 10.0 Å². The van der Waals surface area contributed by atoms with Crippen LogP contribution in [0.25, 0.3) is 5.82 Å². The highest BCUT2D eigenvalue weighted by molar-refractivity contribution is 7.89. The van der Waals surface area contributed by atoms with Crippen molar-refractivity contribution in [3.8, 4) is 5.82 Å². The number of nitrogens with one attached hydrogen (secondary N) is 2. The van der Waals surface area contributed by atoms with Gasteiger partial charge in [-0.25, -0.2) is 32.2 Å². The van der Waals surface area contributed by atoms with E-state index in [0.29, 0.717) is 18.2 Å². The van der Waals surface area contributed by atoms with Gasteiger partial charge in [-0.15, -0.1) is 0 Å². The number of sulfonamides is 1. The standard InChI is InChI=1S/C15H15FN6O2S/c16-12-2-4-13(5-3-12)25(23,24)21-8-7-17-14-10-15(19-11-18-14)22-9-1-6-20-22/h1-6,9-11,21H,7-8H2,(H,17,18,19). The third kappa shape index (κ3) is 4.37. The molecule has 0 spiro atoms. The topological polar surface area (TPSA) is 102 Å². The van der Waals surface area contributed by atoms with Crippen LogP contribution in [0.3, 0.4) is 0 Å². The third-order valence-electron chi connectivity index (χ3n) is 3.24. The molecular formula is C15H15FN6O2S. The Morgan fingerprint density at radius 1 is 1.12 bits per heavy atom. The van der Waals surface area contributed by atoms with Gasteiger partial charge >= 0.3 is 0 Å². The number of benzene rings is 1. The molecule has 0 amide bonds. The average Bonchev–Trinajstić information content (AvgIpc) is 3.14. The van der Waals surface area contributed by atoms with Gasteiger partial charge in [-0.3, -0.25) is 0 Å². The predicted octanol–water partition coefficient (Wildman–Crippen LogP) is 1.19. The summed E-state index contributed by atoms with van der Waals surface area (Å²) < 4.78 is 41.0. The van der Waals surface area contributed by atoms with Crippen LogP contribution in [0.15, 0.2) is 60.0 Å². The molecule has 8 nitrogen and oxygen atoms in total. The first-order chi connectivity index (χ1) is 12.0. The zero-order valence-corrected chi connectivity index (χ0v) is 13.8. The molecule has 2 aromatic heterocycles. The van der Waals surface area contributed by atoms with Crippen LogP contribution in [0.4, 0.5) is 10.2 Å². The molecule has 1 aromatic carbocycles. The van der Waals surface area contributed by atoms with Gasteiger partial charge in [0.15, 0.2) is 5.82 Å². The van der Waals surface area contributed by atoms with Crippen molar-refractivity contribution >= 4 is 15.8 Å². The Labute approximate surface area is 143 Å². The number of aromatic nitrogens is 4. The molecule has 0 unspecified atom stereocenters. The van der Waals surface area contributed by atoms with Gasteiger partial charge in [0.25, 0.3) is 0 Å². The van der Waals surface area contributed by atoms with E-state index in [-0.39, 0.29) is 11.4 Å². The number of hydrogen-bond acceptors (Lipinski definition) is 6. The summed E-state index contributed by atoms with van der Waals surface area (Å²) in [6.45, 7) is 0.455. The SMILES string of the molecule is O=S(=O)(NCCNc1cc(-n2cccn2)ncn1)c1ccc(F)cc1. The van der Waals surface area contributed by atoms with Crippen molar-refractivity contribution in [2.45, 2.75) is 4.90 Å². The van der Waals surface area contributed by atoms with E-state index in [1.807, 2.05) is 0 Å². The second kappa shape index (κ2) is 7.36. The maximum atomic E-state index is 12.9. The van der Waals surface area contributed by atoms with Gasteiger partial charge in [0, 0.05) is 31.5 Å². The molecule has 0 aliphatic carbocycles. The first-order valence-electron chi connectivity index (χ1n) is 7.36. The monoisotopic (exact) mass is 362 g/mol. The molecule has 2 N–H and O–H groups in total. The number of hydrogen-bond donors (Lipinski definition) is 2. The van der Waals surface area contributed by atoms with Gasteiger partial charge in [-0.05, 0) is 30.3 Å². The van der Waals surface area contributed by atoms with Crippen LogP contribution >= 0.6 is 0 Å². The summed E-state index contributed by atoms with van der Waals surface area (Å²) in [7, 11) is -3.68. The van der Waals surface area contributed by atoms with E-state index in [1.165, 1.54) is 18.5 Å². The van der Waals surface area contributed by atoms with Crippen molar-refractivity contribution in [2.24, 2.45) is 0 Å². The molecule has 0 saturated heterocycles. The second-order valence-electron chi connectivity index (χ2n) is 4.99. The van der Waals surface area contributed by atoms with Crippen LogP contribution in [0.2, 0.25) is 0 Å². The van der Waals surface area contributed by atoms with Gasteiger partial charge in [0.1, 0.15) is 18.0 Å². The second-order valence-corrected chi connectivity index (χ2v) is 6.76. The van der Waals surface area contributed by atoms with Crippen LogP contribution in [0, 0.1) is 5.82 Å². The Hall–Kier alpha value is -2.85. The molecule has 0 aliphatic heterocycles. The van der Waals surface area contributed by atoms with E-state index in [1.54, 1.807) is 29.2 Å². The predicted molar refractivity (Wildman–Crippen MR) is 89.2 cm³/mol. The summed E-state index contributed by atoms with van der Waals surface area (Å²) in [5, 5.41) is 7.08. The van der Waals surface area contributed by atoms with Gasteiger partial charge in [-0.1, -0.05) is 0 Å². The smallest absolute Gasteiger partial charge is 0.240 e. The van der Waals surface area contributed by atoms with Crippen molar-refractivity contribution in [3.05, 3.63) is 60.9 Å². The van der Waals surface area contributed by atoms with E-state index >= 15 is 0 Å². The van der Waals surface area contributed by atoms with Crippen molar-refractivity contribution in [3.63, 3.8) is 0 Å². The number of nitrogens with zero attached hydrogens (tertiary/aromatic N) is 4. The highest BCUT2D eigenvalue weighted by Crippen LogP contribution is 2.10. The van der Waals surface area contributed by atoms with Gasteiger partial charge < -0.3 is 5.32 Å². The van der Waals surface area contributed by atoms with E-state index in [2.05, 4.69) is 25.1 Å².